The van der Waals surface area contributed by atoms with Crippen LogP contribution >= 0.6 is 0 Å². The predicted molar refractivity (Wildman–Crippen MR) is 93.8 cm³/mol. The lowest BCUT2D eigenvalue weighted by Gasteiger charge is -2.09. The average molecular weight is 318 g/mol. The first-order valence-electron chi connectivity index (χ1n) is 8.88. The Balaban J connectivity index is 1.46. The summed E-state index contributed by atoms with van der Waals surface area (Å²) >= 11 is 0. The number of benzene rings is 1. The molecular weight excluding hydrogens is 288 g/mol. The summed E-state index contributed by atoms with van der Waals surface area (Å²) in [6, 6.07) is 8.23. The third kappa shape index (κ3) is 7.04. The molecule has 4 nitrogen and oxygen atoms in total. The van der Waals surface area contributed by atoms with Crippen LogP contribution in [0.2, 0.25) is 0 Å². The second-order valence-corrected chi connectivity index (χ2v) is 6.41. The molecule has 1 amide bonds. The Morgan fingerprint density at radius 1 is 1.26 bits per heavy atom. The van der Waals surface area contributed by atoms with Crippen LogP contribution < -0.4 is 15.4 Å². The highest BCUT2D eigenvalue weighted by molar-refractivity contribution is 5.75. The summed E-state index contributed by atoms with van der Waals surface area (Å²) in [5, 5.41) is 6.41. The highest BCUT2D eigenvalue weighted by atomic mass is 16.5. The molecule has 1 aliphatic rings. The topological polar surface area (TPSA) is 50.4 Å². The van der Waals surface area contributed by atoms with Crippen molar-refractivity contribution in [3.63, 3.8) is 0 Å². The zero-order valence-corrected chi connectivity index (χ0v) is 14.3. The molecule has 0 saturated carbocycles. The molecule has 23 heavy (non-hydrogen) atoms. The van der Waals surface area contributed by atoms with Gasteiger partial charge in [0.2, 0.25) is 5.91 Å². The molecule has 2 N–H and O–H groups in total. The maximum Gasteiger partial charge on any atom is 0.219 e. The van der Waals surface area contributed by atoms with Crippen molar-refractivity contribution < 1.29 is 9.53 Å². The maximum atomic E-state index is 11.8. The minimum atomic E-state index is 0.209. The van der Waals surface area contributed by atoms with E-state index >= 15 is 0 Å². The van der Waals surface area contributed by atoms with E-state index < -0.39 is 0 Å². The zero-order valence-electron chi connectivity index (χ0n) is 14.3. The van der Waals surface area contributed by atoms with E-state index in [1.54, 1.807) is 7.11 Å². The van der Waals surface area contributed by atoms with Crippen molar-refractivity contribution in [3.05, 3.63) is 29.8 Å². The molecule has 1 atom stereocenters. The summed E-state index contributed by atoms with van der Waals surface area (Å²) < 4.78 is 5.16. The fourth-order valence-electron chi connectivity index (χ4n) is 3.05. The molecule has 0 aliphatic carbocycles. The number of hydrogen-bond donors (Lipinski definition) is 2. The van der Waals surface area contributed by atoms with Gasteiger partial charge in [-0.2, -0.15) is 0 Å². The van der Waals surface area contributed by atoms with Crippen molar-refractivity contribution in [1.29, 1.82) is 0 Å². The number of unbranched alkanes of at least 4 members (excludes halogenated alkanes) is 2. The van der Waals surface area contributed by atoms with E-state index in [1.807, 2.05) is 12.1 Å². The number of amides is 1. The first-order chi connectivity index (χ1) is 11.3. The number of nitrogens with one attached hydrogen (secondary N) is 2. The molecular formula is C19H30N2O2. The predicted octanol–water partition coefficient (Wildman–Crippen LogP) is 2.91. The number of carbonyl (C=O) groups is 1. The molecule has 1 saturated heterocycles. The molecule has 1 fully saturated rings. The van der Waals surface area contributed by atoms with Gasteiger partial charge < -0.3 is 15.4 Å². The normalized spacial score (nSPS) is 17.2. The zero-order chi connectivity index (χ0) is 16.3. The second kappa shape index (κ2) is 10.3. The molecule has 128 valence electrons. The van der Waals surface area contributed by atoms with Crippen molar-refractivity contribution >= 4 is 5.91 Å². The van der Waals surface area contributed by atoms with Crippen LogP contribution in [0.4, 0.5) is 0 Å². The number of carbonyl (C=O) groups excluding carboxylic acids is 1. The Morgan fingerprint density at radius 3 is 2.78 bits per heavy atom. The van der Waals surface area contributed by atoms with Gasteiger partial charge in [-0.15, -0.1) is 0 Å². The minimum Gasteiger partial charge on any atom is -0.497 e. The molecule has 1 aromatic carbocycles. The Labute approximate surface area is 140 Å². The lowest BCUT2D eigenvalue weighted by Crippen LogP contribution is -2.26. The van der Waals surface area contributed by atoms with Crippen molar-refractivity contribution in [2.75, 3.05) is 26.7 Å². The van der Waals surface area contributed by atoms with Crippen LogP contribution in [-0.2, 0) is 11.2 Å². The van der Waals surface area contributed by atoms with Gasteiger partial charge in [-0.05, 0) is 68.8 Å². The van der Waals surface area contributed by atoms with Crippen molar-refractivity contribution in [2.45, 2.75) is 44.9 Å². The second-order valence-electron chi connectivity index (χ2n) is 6.41. The fraction of sp³-hybridized carbons (Fsp3) is 0.632. The van der Waals surface area contributed by atoms with Gasteiger partial charge in [0.05, 0.1) is 7.11 Å². The van der Waals surface area contributed by atoms with E-state index in [0.717, 1.165) is 63.4 Å². The van der Waals surface area contributed by atoms with E-state index in [0.29, 0.717) is 6.42 Å². The van der Waals surface area contributed by atoms with Crippen molar-refractivity contribution in [3.8, 4) is 5.75 Å². The molecule has 1 unspecified atom stereocenters. The molecule has 4 heteroatoms. The Kier molecular flexibility index (Phi) is 7.95. The van der Waals surface area contributed by atoms with Crippen LogP contribution in [0.15, 0.2) is 24.3 Å². The van der Waals surface area contributed by atoms with Gasteiger partial charge in [-0.25, -0.2) is 0 Å². The van der Waals surface area contributed by atoms with E-state index in [-0.39, 0.29) is 5.91 Å². The lowest BCUT2D eigenvalue weighted by atomic mass is 10.0. The van der Waals surface area contributed by atoms with Crippen LogP contribution in [0.1, 0.15) is 44.1 Å². The van der Waals surface area contributed by atoms with E-state index in [2.05, 4.69) is 22.8 Å². The smallest absolute Gasteiger partial charge is 0.219 e. The average Bonchev–Trinajstić information content (AvgIpc) is 3.08. The first kappa shape index (κ1) is 17.8. The summed E-state index contributed by atoms with van der Waals surface area (Å²) in [7, 11) is 1.69. The number of rotatable bonds is 10. The number of ether oxygens (including phenoxy) is 1. The van der Waals surface area contributed by atoms with Gasteiger partial charge in [0.25, 0.3) is 0 Å². The monoisotopic (exact) mass is 318 g/mol. The summed E-state index contributed by atoms with van der Waals surface area (Å²) in [5.41, 5.74) is 1.33. The van der Waals surface area contributed by atoms with Gasteiger partial charge in [0, 0.05) is 13.0 Å². The molecule has 1 aromatic rings. The summed E-state index contributed by atoms with van der Waals surface area (Å²) in [6.07, 6.45) is 7.30. The van der Waals surface area contributed by atoms with Gasteiger partial charge in [0.15, 0.2) is 0 Å². The quantitative estimate of drug-likeness (QED) is 0.652. The Hall–Kier alpha value is -1.55. The van der Waals surface area contributed by atoms with Gasteiger partial charge >= 0.3 is 0 Å². The Bertz CT molecular complexity index is 453. The van der Waals surface area contributed by atoms with Crippen LogP contribution in [0.3, 0.4) is 0 Å². The van der Waals surface area contributed by atoms with Crippen molar-refractivity contribution in [2.24, 2.45) is 5.92 Å². The van der Waals surface area contributed by atoms with Crippen molar-refractivity contribution in [1.82, 2.24) is 10.6 Å². The molecule has 1 aliphatic heterocycles. The summed E-state index contributed by atoms with van der Waals surface area (Å²) in [5.74, 6) is 1.86. The standard InChI is InChI=1S/C19H30N2O2/c1-23-18-9-7-16(8-10-18)5-3-2-4-6-19(22)21-14-12-17-11-13-20-15-17/h7-10,17,20H,2-6,11-15H2,1H3,(H,21,22). The van der Waals surface area contributed by atoms with E-state index in [1.165, 1.54) is 12.0 Å². The Morgan fingerprint density at radius 2 is 2.09 bits per heavy atom. The van der Waals surface area contributed by atoms with Gasteiger partial charge in [-0.1, -0.05) is 18.6 Å². The maximum absolute atomic E-state index is 11.8. The number of methoxy groups -OCH3 is 1. The summed E-state index contributed by atoms with van der Waals surface area (Å²) in [4.78, 5) is 11.8. The first-order valence-corrected chi connectivity index (χ1v) is 8.88. The number of aryl methyl sites for hydroxylation is 1. The lowest BCUT2D eigenvalue weighted by molar-refractivity contribution is -0.121. The van der Waals surface area contributed by atoms with E-state index in [9.17, 15) is 4.79 Å². The molecule has 0 bridgehead atoms. The highest BCUT2D eigenvalue weighted by Crippen LogP contribution is 2.14. The number of hydrogen-bond acceptors (Lipinski definition) is 3. The minimum absolute atomic E-state index is 0.209. The SMILES string of the molecule is COc1ccc(CCCCCC(=O)NCCC2CCNC2)cc1. The van der Waals surface area contributed by atoms with Gasteiger partial charge in [-0.3, -0.25) is 4.79 Å². The molecule has 0 spiro atoms. The third-order valence-electron chi connectivity index (χ3n) is 4.57. The summed E-state index contributed by atoms with van der Waals surface area (Å²) in [6.45, 7) is 3.07. The van der Waals surface area contributed by atoms with Gasteiger partial charge in [0.1, 0.15) is 5.75 Å². The molecule has 2 rings (SSSR count). The van der Waals surface area contributed by atoms with Crippen LogP contribution in [0.25, 0.3) is 0 Å². The fourth-order valence-corrected chi connectivity index (χ4v) is 3.05. The van der Waals surface area contributed by atoms with Crippen LogP contribution in [-0.4, -0.2) is 32.7 Å². The molecule has 0 radical (unpaired) electrons. The third-order valence-corrected chi connectivity index (χ3v) is 4.57. The molecule has 0 aromatic heterocycles. The highest BCUT2D eigenvalue weighted by Gasteiger charge is 2.13. The molecule has 1 heterocycles. The largest absolute Gasteiger partial charge is 0.497 e. The van der Waals surface area contributed by atoms with Crippen LogP contribution in [0.5, 0.6) is 5.75 Å². The van der Waals surface area contributed by atoms with Crippen LogP contribution in [0, 0.1) is 5.92 Å². The van der Waals surface area contributed by atoms with E-state index in [4.69, 9.17) is 4.74 Å².